The van der Waals surface area contributed by atoms with Crippen LogP contribution in [0.1, 0.15) is 24.8 Å². The molecular formula is C14H20NO+. The minimum atomic E-state index is 0.376. The number of benzene rings is 1. The molecule has 0 amide bonds. The number of hydrogen-bond donors (Lipinski definition) is 2. The van der Waals surface area contributed by atoms with Crippen LogP contribution in [0, 0.1) is 5.92 Å². The molecule has 0 spiro atoms. The Kier molecular flexibility index (Phi) is 2.60. The Bertz CT molecular complexity index is 352. The summed E-state index contributed by atoms with van der Waals surface area (Å²) in [6, 6.07) is 8.58. The molecule has 0 aliphatic carbocycles. The van der Waals surface area contributed by atoms with Gasteiger partial charge in [-0.15, -0.1) is 0 Å². The smallest absolute Gasteiger partial charge is 0.115 e. The second-order valence-electron chi connectivity index (χ2n) is 5.40. The van der Waals surface area contributed by atoms with Crippen LogP contribution in [0.5, 0.6) is 5.75 Å². The lowest BCUT2D eigenvalue weighted by atomic mass is 9.81. The highest BCUT2D eigenvalue weighted by Crippen LogP contribution is 2.23. The van der Waals surface area contributed by atoms with Crippen molar-refractivity contribution in [2.75, 3.05) is 13.1 Å². The molecule has 2 nitrogen and oxygen atoms in total. The molecule has 3 heterocycles. The van der Waals surface area contributed by atoms with E-state index >= 15 is 0 Å². The minimum absolute atomic E-state index is 0.376. The second kappa shape index (κ2) is 4.10. The van der Waals surface area contributed by atoms with Crippen LogP contribution in [0.15, 0.2) is 24.3 Å². The van der Waals surface area contributed by atoms with Gasteiger partial charge in [-0.2, -0.15) is 0 Å². The van der Waals surface area contributed by atoms with Crippen LogP contribution >= 0.6 is 0 Å². The van der Waals surface area contributed by atoms with Crippen molar-refractivity contribution in [3.05, 3.63) is 29.8 Å². The van der Waals surface area contributed by atoms with Crippen LogP contribution in [0.25, 0.3) is 0 Å². The van der Waals surface area contributed by atoms with Crippen molar-refractivity contribution < 1.29 is 10.0 Å². The average Bonchev–Trinajstić information content (AvgIpc) is 2.34. The van der Waals surface area contributed by atoms with Gasteiger partial charge in [0.15, 0.2) is 0 Å². The molecule has 0 radical (unpaired) electrons. The number of piperidine rings is 3. The quantitative estimate of drug-likeness (QED) is 0.760. The van der Waals surface area contributed by atoms with Crippen molar-refractivity contribution in [3.8, 4) is 5.75 Å². The predicted molar refractivity (Wildman–Crippen MR) is 63.6 cm³/mol. The van der Waals surface area contributed by atoms with Crippen molar-refractivity contribution in [2.45, 2.75) is 31.7 Å². The summed E-state index contributed by atoms with van der Waals surface area (Å²) in [7, 11) is 0. The van der Waals surface area contributed by atoms with Crippen molar-refractivity contribution in [2.24, 2.45) is 5.92 Å². The maximum absolute atomic E-state index is 9.26. The van der Waals surface area contributed by atoms with Crippen LogP contribution in [0.3, 0.4) is 0 Å². The Labute approximate surface area is 96.9 Å². The van der Waals surface area contributed by atoms with Gasteiger partial charge in [-0.1, -0.05) is 12.1 Å². The summed E-state index contributed by atoms with van der Waals surface area (Å²) in [4.78, 5) is 1.82. The largest absolute Gasteiger partial charge is 0.508 e. The fourth-order valence-electron chi connectivity index (χ4n) is 3.41. The highest BCUT2D eigenvalue weighted by atomic mass is 16.3. The lowest BCUT2D eigenvalue weighted by Gasteiger charge is -2.42. The predicted octanol–water partition coefficient (Wildman–Crippen LogP) is 1.00. The zero-order valence-corrected chi connectivity index (χ0v) is 9.65. The first-order valence-electron chi connectivity index (χ1n) is 6.44. The monoisotopic (exact) mass is 218 g/mol. The molecule has 0 unspecified atom stereocenters. The van der Waals surface area contributed by atoms with E-state index in [1.54, 1.807) is 12.1 Å². The highest BCUT2D eigenvalue weighted by molar-refractivity contribution is 5.26. The van der Waals surface area contributed by atoms with Crippen LogP contribution in [0.4, 0.5) is 0 Å². The van der Waals surface area contributed by atoms with Crippen LogP contribution < -0.4 is 4.90 Å². The third kappa shape index (κ3) is 1.94. The average molecular weight is 218 g/mol. The van der Waals surface area contributed by atoms with E-state index in [4.69, 9.17) is 0 Å². The summed E-state index contributed by atoms with van der Waals surface area (Å²) in [6.45, 7) is 2.76. The molecule has 3 aliphatic rings. The summed E-state index contributed by atoms with van der Waals surface area (Å²) in [5.74, 6) is 1.38. The summed E-state index contributed by atoms with van der Waals surface area (Å²) in [6.07, 6.45) is 5.49. The maximum Gasteiger partial charge on any atom is 0.115 e. The van der Waals surface area contributed by atoms with Gasteiger partial charge in [-0.3, -0.25) is 0 Å². The van der Waals surface area contributed by atoms with Gasteiger partial charge in [0, 0.05) is 12.8 Å². The first-order chi connectivity index (χ1) is 7.81. The van der Waals surface area contributed by atoms with E-state index in [9.17, 15) is 5.11 Å². The summed E-state index contributed by atoms with van der Waals surface area (Å²) in [5.41, 5.74) is 1.38. The summed E-state index contributed by atoms with van der Waals surface area (Å²) >= 11 is 0. The molecule has 86 valence electrons. The van der Waals surface area contributed by atoms with Crippen molar-refractivity contribution >= 4 is 0 Å². The highest BCUT2D eigenvalue weighted by Gasteiger charge is 2.36. The van der Waals surface area contributed by atoms with Gasteiger partial charge in [-0.25, -0.2) is 0 Å². The van der Waals surface area contributed by atoms with Gasteiger partial charge < -0.3 is 10.0 Å². The van der Waals surface area contributed by atoms with Gasteiger partial charge in [0.25, 0.3) is 0 Å². The Morgan fingerprint density at radius 1 is 1.12 bits per heavy atom. The molecule has 0 saturated carbocycles. The molecule has 0 aromatic heterocycles. The number of aromatic hydroxyl groups is 1. The Balaban J connectivity index is 1.68. The first kappa shape index (κ1) is 10.2. The summed E-state index contributed by atoms with van der Waals surface area (Å²) < 4.78 is 0. The van der Waals surface area contributed by atoms with Crippen molar-refractivity contribution in [1.29, 1.82) is 0 Å². The number of nitrogens with one attached hydrogen (secondary N) is 1. The molecule has 2 heteroatoms. The number of hydrogen-bond acceptors (Lipinski definition) is 1. The minimum Gasteiger partial charge on any atom is -0.508 e. The topological polar surface area (TPSA) is 24.7 Å². The van der Waals surface area contributed by atoms with Gasteiger partial charge in [0.2, 0.25) is 0 Å². The SMILES string of the molecule is Oc1ccc(C[C@H]2CC3CC[NH+]2CC3)cc1. The molecule has 16 heavy (non-hydrogen) atoms. The number of rotatable bonds is 2. The van der Waals surface area contributed by atoms with Crippen molar-refractivity contribution in [3.63, 3.8) is 0 Å². The van der Waals surface area contributed by atoms with Crippen LogP contribution in [-0.4, -0.2) is 24.2 Å². The Morgan fingerprint density at radius 2 is 1.81 bits per heavy atom. The molecule has 1 atom stereocenters. The van der Waals surface area contributed by atoms with E-state index in [0.29, 0.717) is 5.75 Å². The lowest BCUT2D eigenvalue weighted by Crippen LogP contribution is -3.18. The molecule has 3 fully saturated rings. The number of fused-ring (bicyclic) bond motifs is 3. The van der Waals surface area contributed by atoms with Gasteiger partial charge in [0.05, 0.1) is 19.1 Å². The van der Waals surface area contributed by atoms with Gasteiger partial charge in [0.1, 0.15) is 5.75 Å². The van der Waals surface area contributed by atoms with E-state index < -0.39 is 0 Å². The molecule has 3 saturated heterocycles. The fourth-order valence-corrected chi connectivity index (χ4v) is 3.41. The molecule has 2 N–H and O–H groups in total. The van der Waals surface area contributed by atoms with Gasteiger partial charge in [-0.05, 0) is 36.5 Å². The third-order valence-electron chi connectivity index (χ3n) is 4.36. The van der Waals surface area contributed by atoms with Crippen LogP contribution in [-0.2, 0) is 6.42 Å². The standard InChI is InChI=1S/C14H19NO/c16-14-3-1-11(2-4-14)9-13-10-12-5-7-15(13)8-6-12/h1-4,12-13,16H,5-10H2/p+1/t13-/m0/s1. The number of phenolic OH excluding ortho intramolecular Hbond substituents is 1. The van der Waals surface area contributed by atoms with E-state index in [0.717, 1.165) is 12.0 Å². The van der Waals surface area contributed by atoms with E-state index in [2.05, 4.69) is 12.1 Å². The maximum atomic E-state index is 9.26. The molecule has 3 aliphatic heterocycles. The normalized spacial score (nSPS) is 32.9. The molecule has 2 bridgehead atoms. The van der Waals surface area contributed by atoms with E-state index in [-0.39, 0.29) is 0 Å². The number of phenols is 1. The molecule has 1 aromatic rings. The molecule has 4 rings (SSSR count). The fraction of sp³-hybridized carbons (Fsp3) is 0.571. The Hall–Kier alpha value is -1.02. The zero-order chi connectivity index (χ0) is 11.0. The molecular weight excluding hydrogens is 198 g/mol. The van der Waals surface area contributed by atoms with Gasteiger partial charge >= 0.3 is 0 Å². The summed E-state index contributed by atoms with van der Waals surface area (Å²) in [5, 5.41) is 9.26. The first-order valence-corrected chi connectivity index (χ1v) is 6.44. The Morgan fingerprint density at radius 3 is 2.38 bits per heavy atom. The third-order valence-corrected chi connectivity index (χ3v) is 4.36. The molecule has 1 aromatic carbocycles. The van der Waals surface area contributed by atoms with E-state index in [1.165, 1.54) is 44.3 Å². The van der Waals surface area contributed by atoms with Crippen LogP contribution in [0.2, 0.25) is 0 Å². The zero-order valence-electron chi connectivity index (χ0n) is 9.65. The number of quaternary nitrogens is 1. The van der Waals surface area contributed by atoms with E-state index in [1.807, 2.05) is 4.90 Å². The van der Waals surface area contributed by atoms with Crippen molar-refractivity contribution in [1.82, 2.24) is 0 Å². The lowest BCUT2D eigenvalue weighted by molar-refractivity contribution is -0.941. The second-order valence-corrected chi connectivity index (χ2v) is 5.40.